The molecular weight excluding hydrogens is 452 g/mol. The number of carbonyl (C=O) groups excluding carboxylic acids is 1. The number of carbonyl (C=O) groups is 1. The van der Waals surface area contributed by atoms with E-state index in [2.05, 4.69) is 31.4 Å². The number of anilines is 1. The molecule has 0 atom stereocenters. The number of nitro groups is 1. The van der Waals surface area contributed by atoms with Crippen LogP contribution in [0.25, 0.3) is 0 Å². The number of aryl methyl sites for hydroxylation is 3. The largest absolute Gasteiger partial charge is 0.326 e. The fourth-order valence-corrected chi connectivity index (χ4v) is 3.63. The normalized spacial score (nSPS) is 11.0. The molecule has 0 aliphatic heterocycles. The summed E-state index contributed by atoms with van der Waals surface area (Å²) in [7, 11) is 0. The second-order valence-corrected chi connectivity index (χ2v) is 7.93. The molecule has 0 unspecified atom stereocenters. The van der Waals surface area contributed by atoms with Crippen LogP contribution in [0.1, 0.15) is 34.8 Å². The van der Waals surface area contributed by atoms with Crippen LogP contribution in [0.4, 0.5) is 11.4 Å². The second-order valence-electron chi connectivity index (χ2n) is 7.14. The van der Waals surface area contributed by atoms with Gasteiger partial charge in [0.25, 0.3) is 0 Å². The lowest BCUT2D eigenvalue weighted by molar-refractivity contribution is -0.386. The van der Waals surface area contributed by atoms with Crippen LogP contribution in [0.3, 0.4) is 0 Å². The molecule has 0 spiro atoms. The summed E-state index contributed by atoms with van der Waals surface area (Å²) in [6, 6.07) is 7.61. The number of aromatic nitrogens is 4. The first kappa shape index (κ1) is 21.7. The summed E-state index contributed by atoms with van der Waals surface area (Å²) < 4.78 is 4.41. The molecule has 158 valence electrons. The van der Waals surface area contributed by atoms with Crippen molar-refractivity contribution in [1.29, 1.82) is 0 Å². The molecule has 9 nitrogen and oxygen atoms in total. The molecule has 0 radical (unpaired) electrons. The molecule has 0 fully saturated rings. The smallest absolute Gasteiger partial charge is 0.312 e. The third-order valence-electron chi connectivity index (χ3n) is 4.91. The van der Waals surface area contributed by atoms with E-state index in [1.165, 1.54) is 4.68 Å². The van der Waals surface area contributed by atoms with E-state index in [0.29, 0.717) is 23.6 Å². The summed E-state index contributed by atoms with van der Waals surface area (Å²) in [5.41, 5.74) is 4.48. The highest BCUT2D eigenvalue weighted by Crippen LogP contribution is 2.23. The van der Waals surface area contributed by atoms with Crippen LogP contribution in [0.15, 0.2) is 28.7 Å². The third-order valence-corrected chi connectivity index (χ3v) is 6.06. The van der Waals surface area contributed by atoms with Crippen LogP contribution in [-0.2, 0) is 17.9 Å². The quantitative estimate of drug-likeness (QED) is 0.410. The topological polar surface area (TPSA) is 108 Å². The Bertz CT molecular complexity index is 1120. The van der Waals surface area contributed by atoms with Gasteiger partial charge in [0.2, 0.25) is 5.91 Å². The van der Waals surface area contributed by atoms with Crippen molar-refractivity contribution in [2.45, 2.75) is 47.2 Å². The average molecular weight is 475 g/mol. The first-order valence-corrected chi connectivity index (χ1v) is 10.2. The van der Waals surface area contributed by atoms with Crippen molar-refractivity contribution in [3.05, 3.63) is 67.2 Å². The maximum atomic E-state index is 12.4. The van der Waals surface area contributed by atoms with Crippen molar-refractivity contribution in [2.24, 2.45) is 0 Å². The maximum absolute atomic E-state index is 12.4. The Morgan fingerprint density at radius 2 is 1.83 bits per heavy atom. The van der Waals surface area contributed by atoms with Gasteiger partial charge in [-0.05, 0) is 61.3 Å². The lowest BCUT2D eigenvalue weighted by Crippen LogP contribution is -2.16. The minimum atomic E-state index is -0.443. The van der Waals surface area contributed by atoms with Crippen molar-refractivity contribution in [2.75, 3.05) is 5.32 Å². The highest BCUT2D eigenvalue weighted by molar-refractivity contribution is 9.10. The van der Waals surface area contributed by atoms with Crippen LogP contribution in [0.5, 0.6) is 0 Å². The summed E-state index contributed by atoms with van der Waals surface area (Å²) in [5.74, 6) is -0.184. The zero-order valence-electron chi connectivity index (χ0n) is 17.3. The molecule has 0 saturated carbocycles. The number of hydrogen-bond donors (Lipinski definition) is 1. The molecule has 0 aliphatic carbocycles. The fourth-order valence-electron chi connectivity index (χ4n) is 3.35. The molecule has 0 bridgehead atoms. The zero-order valence-corrected chi connectivity index (χ0v) is 18.9. The molecule has 2 heterocycles. The van der Waals surface area contributed by atoms with Gasteiger partial charge in [-0.25, -0.2) is 0 Å². The Morgan fingerprint density at radius 1 is 1.13 bits per heavy atom. The highest BCUT2D eigenvalue weighted by atomic mass is 79.9. The van der Waals surface area contributed by atoms with E-state index < -0.39 is 4.92 Å². The van der Waals surface area contributed by atoms with E-state index in [1.807, 2.05) is 42.8 Å². The van der Waals surface area contributed by atoms with Crippen molar-refractivity contribution in [1.82, 2.24) is 19.6 Å². The molecule has 1 N–H and O–H groups in total. The van der Waals surface area contributed by atoms with Gasteiger partial charge < -0.3 is 5.32 Å². The van der Waals surface area contributed by atoms with E-state index in [4.69, 9.17) is 0 Å². The minimum Gasteiger partial charge on any atom is -0.326 e. The van der Waals surface area contributed by atoms with Crippen LogP contribution >= 0.6 is 15.9 Å². The predicted octanol–water partition coefficient (Wildman–Crippen LogP) is 4.06. The number of nitrogens with one attached hydrogen (secondary N) is 1. The Morgan fingerprint density at radius 3 is 2.43 bits per heavy atom. The molecule has 0 saturated heterocycles. The Kier molecular flexibility index (Phi) is 6.35. The summed E-state index contributed by atoms with van der Waals surface area (Å²) in [6.45, 7) is 8.04. The summed E-state index contributed by atoms with van der Waals surface area (Å²) in [5, 5.41) is 22.7. The monoisotopic (exact) mass is 474 g/mol. The average Bonchev–Trinajstić information content (AvgIpc) is 3.10. The van der Waals surface area contributed by atoms with Crippen LogP contribution < -0.4 is 5.32 Å². The SMILES string of the molecule is Cc1nn(Cc2cccc(NC(=O)CCn3nc(C)c([N+](=O)[O-])c3C)c2)c(C)c1Br. The van der Waals surface area contributed by atoms with Crippen LogP contribution in [0, 0.1) is 37.8 Å². The first-order valence-electron chi connectivity index (χ1n) is 9.44. The summed E-state index contributed by atoms with van der Waals surface area (Å²) in [4.78, 5) is 23.0. The van der Waals surface area contributed by atoms with Gasteiger partial charge in [0.15, 0.2) is 0 Å². The third kappa shape index (κ3) is 4.59. The van der Waals surface area contributed by atoms with Crippen molar-refractivity contribution in [3.8, 4) is 0 Å². The fraction of sp³-hybridized carbons (Fsp3) is 0.350. The standard InChI is InChI=1S/C20H23BrN6O3/c1-12-19(21)14(3)26(23-12)11-16-6-5-7-17(10-16)22-18(28)8-9-25-15(4)20(27(29)30)13(2)24-25/h5-7,10H,8-9,11H2,1-4H3,(H,22,28). The van der Waals surface area contributed by atoms with E-state index in [-0.39, 0.29) is 24.6 Å². The minimum absolute atomic E-state index is 0.00102. The number of amides is 1. The second kappa shape index (κ2) is 8.78. The van der Waals surface area contributed by atoms with Crippen LogP contribution in [0.2, 0.25) is 0 Å². The van der Waals surface area contributed by atoms with E-state index in [1.54, 1.807) is 13.8 Å². The lowest BCUT2D eigenvalue weighted by atomic mass is 10.2. The van der Waals surface area contributed by atoms with Gasteiger partial charge in [0.1, 0.15) is 11.4 Å². The van der Waals surface area contributed by atoms with Gasteiger partial charge in [0.05, 0.1) is 33.9 Å². The molecule has 0 aliphatic rings. The number of halogens is 1. The Hall–Kier alpha value is -3.01. The lowest BCUT2D eigenvalue weighted by Gasteiger charge is -2.09. The molecule has 30 heavy (non-hydrogen) atoms. The van der Waals surface area contributed by atoms with Crippen molar-refractivity contribution >= 4 is 33.2 Å². The van der Waals surface area contributed by atoms with E-state index in [0.717, 1.165) is 21.4 Å². The summed E-state index contributed by atoms with van der Waals surface area (Å²) >= 11 is 3.53. The van der Waals surface area contributed by atoms with E-state index in [9.17, 15) is 14.9 Å². The molecule has 10 heteroatoms. The molecule has 1 amide bonds. The van der Waals surface area contributed by atoms with Gasteiger partial charge >= 0.3 is 5.69 Å². The van der Waals surface area contributed by atoms with Crippen LogP contribution in [-0.4, -0.2) is 30.4 Å². The van der Waals surface area contributed by atoms with Gasteiger partial charge in [-0.15, -0.1) is 0 Å². The molecular formula is C20H23BrN6O3. The van der Waals surface area contributed by atoms with E-state index >= 15 is 0 Å². The predicted molar refractivity (Wildman–Crippen MR) is 117 cm³/mol. The molecule has 2 aromatic heterocycles. The van der Waals surface area contributed by atoms with Crippen molar-refractivity contribution in [3.63, 3.8) is 0 Å². The zero-order chi connectivity index (χ0) is 22.0. The molecule has 3 rings (SSSR count). The van der Waals surface area contributed by atoms with Gasteiger partial charge in [-0.3, -0.25) is 24.3 Å². The first-order chi connectivity index (χ1) is 14.2. The number of nitrogens with zero attached hydrogens (tertiary/aromatic N) is 5. The highest BCUT2D eigenvalue weighted by Gasteiger charge is 2.21. The Labute approximate surface area is 182 Å². The number of hydrogen-bond acceptors (Lipinski definition) is 5. The molecule has 3 aromatic rings. The van der Waals surface area contributed by atoms with Gasteiger partial charge in [-0.1, -0.05) is 12.1 Å². The van der Waals surface area contributed by atoms with Crippen molar-refractivity contribution < 1.29 is 9.72 Å². The number of benzene rings is 1. The Balaban J connectivity index is 1.63. The molecule has 1 aromatic carbocycles. The van der Waals surface area contributed by atoms with Gasteiger partial charge in [0, 0.05) is 12.1 Å². The summed E-state index contributed by atoms with van der Waals surface area (Å²) in [6.07, 6.45) is 0.160. The van der Waals surface area contributed by atoms with Gasteiger partial charge in [-0.2, -0.15) is 10.2 Å². The maximum Gasteiger partial charge on any atom is 0.312 e. The number of rotatable bonds is 7.